The van der Waals surface area contributed by atoms with Crippen LogP contribution in [-0.2, 0) is 9.53 Å². The number of hydrogen-bond acceptors (Lipinski definition) is 6. The van der Waals surface area contributed by atoms with Crippen molar-refractivity contribution in [3.8, 4) is 11.5 Å². The lowest BCUT2D eigenvalue weighted by molar-refractivity contribution is -0.144. The Bertz CT molecular complexity index is 880. The Balaban J connectivity index is 2.24. The van der Waals surface area contributed by atoms with Crippen LogP contribution in [-0.4, -0.2) is 43.6 Å². The number of halogens is 1. The minimum Gasteiger partial charge on any atom is -0.493 e. The van der Waals surface area contributed by atoms with E-state index in [9.17, 15) is 9.59 Å². The number of aliphatic imine (C=N–C) groups is 1. The van der Waals surface area contributed by atoms with E-state index in [2.05, 4.69) is 9.73 Å². The zero-order valence-electron chi connectivity index (χ0n) is 14.9. The molecule has 7 nitrogen and oxygen atoms in total. The summed E-state index contributed by atoms with van der Waals surface area (Å²) in [6, 6.07) is 9.70. The van der Waals surface area contributed by atoms with Crippen LogP contribution in [0.2, 0.25) is 5.02 Å². The number of rotatable bonds is 7. The van der Waals surface area contributed by atoms with Gasteiger partial charge in [-0.05, 0) is 48.9 Å². The van der Waals surface area contributed by atoms with Crippen molar-refractivity contribution in [1.82, 2.24) is 0 Å². The summed E-state index contributed by atoms with van der Waals surface area (Å²) in [5.74, 6) is -0.943. The molecule has 0 aliphatic heterocycles. The van der Waals surface area contributed by atoms with Crippen molar-refractivity contribution in [1.29, 1.82) is 0 Å². The van der Waals surface area contributed by atoms with Gasteiger partial charge in [-0.3, -0.25) is 4.99 Å². The number of ether oxygens (including phenoxy) is 3. The molecule has 0 aliphatic carbocycles. The smallest absolute Gasteiger partial charge is 0.344 e. The first-order valence-electron chi connectivity index (χ1n) is 7.85. The molecule has 8 heteroatoms. The van der Waals surface area contributed by atoms with Crippen LogP contribution < -0.4 is 9.47 Å². The van der Waals surface area contributed by atoms with Gasteiger partial charge in [0.15, 0.2) is 17.6 Å². The van der Waals surface area contributed by atoms with E-state index < -0.39 is 18.0 Å². The molecule has 0 spiro atoms. The highest BCUT2D eigenvalue weighted by Gasteiger charge is 2.15. The Labute approximate surface area is 161 Å². The minimum absolute atomic E-state index is 0.220. The van der Waals surface area contributed by atoms with Gasteiger partial charge in [-0.25, -0.2) is 9.59 Å². The molecule has 142 valence electrons. The van der Waals surface area contributed by atoms with Crippen LogP contribution in [0.4, 0.5) is 5.69 Å². The van der Waals surface area contributed by atoms with Gasteiger partial charge in [0, 0.05) is 6.21 Å². The number of hydrogen-bond donors (Lipinski definition) is 1. The highest BCUT2D eigenvalue weighted by molar-refractivity contribution is 6.33. The fourth-order valence-corrected chi connectivity index (χ4v) is 2.31. The molecule has 0 saturated carbocycles. The number of carbonyl (C=O) groups is 2. The molecule has 0 aliphatic rings. The molecular weight excluding hydrogens is 374 g/mol. The van der Waals surface area contributed by atoms with Crippen LogP contribution in [0, 0.1) is 0 Å². The average molecular weight is 392 g/mol. The van der Waals surface area contributed by atoms with Gasteiger partial charge in [0.05, 0.1) is 30.5 Å². The van der Waals surface area contributed by atoms with Crippen LogP contribution in [0.5, 0.6) is 11.5 Å². The number of esters is 1. The maximum Gasteiger partial charge on any atom is 0.344 e. The summed E-state index contributed by atoms with van der Waals surface area (Å²) in [5.41, 5.74) is 1.42. The number of carbonyl (C=O) groups excluding carboxylic acids is 1. The van der Waals surface area contributed by atoms with E-state index in [0.29, 0.717) is 22.7 Å². The lowest BCUT2D eigenvalue weighted by Gasteiger charge is -2.14. The summed E-state index contributed by atoms with van der Waals surface area (Å²) in [7, 11) is 2.73. The third-order valence-electron chi connectivity index (χ3n) is 3.56. The van der Waals surface area contributed by atoms with Gasteiger partial charge < -0.3 is 19.3 Å². The Morgan fingerprint density at radius 3 is 2.52 bits per heavy atom. The Hall–Kier alpha value is -3.06. The summed E-state index contributed by atoms with van der Waals surface area (Å²) >= 11 is 5.98. The lowest BCUT2D eigenvalue weighted by atomic mass is 10.2. The van der Waals surface area contributed by atoms with E-state index in [1.807, 2.05) is 0 Å². The minimum atomic E-state index is -1.08. The van der Waals surface area contributed by atoms with Crippen LogP contribution >= 0.6 is 11.6 Å². The number of carboxylic acid groups (broad SMARTS) is 1. The van der Waals surface area contributed by atoms with Crippen molar-refractivity contribution in [3.05, 3.63) is 52.5 Å². The Kier molecular flexibility index (Phi) is 6.79. The van der Waals surface area contributed by atoms with Crippen molar-refractivity contribution in [2.24, 2.45) is 4.99 Å². The second-order valence-electron chi connectivity index (χ2n) is 5.42. The number of methoxy groups -OCH3 is 2. The lowest BCUT2D eigenvalue weighted by Crippen LogP contribution is -2.23. The highest BCUT2D eigenvalue weighted by Crippen LogP contribution is 2.29. The van der Waals surface area contributed by atoms with Gasteiger partial charge in [0.2, 0.25) is 0 Å². The van der Waals surface area contributed by atoms with Crippen LogP contribution in [0.25, 0.3) is 0 Å². The number of benzene rings is 2. The molecule has 0 amide bonds. The molecule has 0 heterocycles. The molecule has 2 aromatic carbocycles. The first-order valence-corrected chi connectivity index (χ1v) is 8.23. The third kappa shape index (κ3) is 5.21. The summed E-state index contributed by atoms with van der Waals surface area (Å²) in [5, 5.41) is 9.22. The molecule has 2 aromatic rings. The quantitative estimate of drug-likeness (QED) is 0.570. The van der Waals surface area contributed by atoms with Gasteiger partial charge in [0.1, 0.15) is 0 Å². The molecule has 1 atom stereocenters. The molecule has 0 saturated heterocycles. The maximum absolute atomic E-state index is 11.7. The summed E-state index contributed by atoms with van der Waals surface area (Å²) in [6.45, 7) is 1.43. The summed E-state index contributed by atoms with van der Waals surface area (Å²) in [4.78, 5) is 26.9. The van der Waals surface area contributed by atoms with E-state index in [4.69, 9.17) is 26.2 Å². The molecule has 0 radical (unpaired) electrons. The van der Waals surface area contributed by atoms with Crippen LogP contribution in [0.15, 0.2) is 41.4 Å². The second-order valence-corrected chi connectivity index (χ2v) is 5.83. The molecule has 0 bridgehead atoms. The standard InChI is InChI=1S/C19H18ClNO6/c1-11(18(22)23)27-16-7-4-12(8-17(16)25-2)10-21-13-5-6-15(20)14(9-13)19(24)26-3/h4-11H,1-3H3,(H,22,23)/t11-/m0/s1. The van der Waals surface area contributed by atoms with Gasteiger partial charge >= 0.3 is 11.9 Å². The van der Waals surface area contributed by atoms with Crippen molar-refractivity contribution in [2.75, 3.05) is 14.2 Å². The summed E-state index contributed by atoms with van der Waals surface area (Å²) < 4.78 is 15.3. The van der Waals surface area contributed by atoms with E-state index in [0.717, 1.165) is 0 Å². The Morgan fingerprint density at radius 2 is 1.89 bits per heavy atom. The predicted molar refractivity (Wildman–Crippen MR) is 101 cm³/mol. The monoisotopic (exact) mass is 391 g/mol. The number of nitrogens with zero attached hydrogens (tertiary/aromatic N) is 1. The molecular formula is C19H18ClNO6. The predicted octanol–water partition coefficient (Wildman–Crippen LogP) is 3.74. The molecule has 0 fully saturated rings. The molecule has 1 N–H and O–H groups in total. The number of aliphatic carboxylic acids is 1. The third-order valence-corrected chi connectivity index (χ3v) is 3.89. The SMILES string of the molecule is COC(=O)c1cc(N=Cc2ccc(O[C@@H](C)C(=O)O)c(OC)c2)ccc1Cl. The van der Waals surface area contributed by atoms with Gasteiger partial charge in [0.25, 0.3) is 0 Å². The van der Waals surface area contributed by atoms with E-state index in [1.54, 1.807) is 36.5 Å². The first-order chi connectivity index (χ1) is 12.8. The van der Waals surface area contributed by atoms with Gasteiger partial charge in [-0.2, -0.15) is 0 Å². The highest BCUT2D eigenvalue weighted by atomic mass is 35.5. The van der Waals surface area contributed by atoms with Gasteiger partial charge in [-0.15, -0.1) is 0 Å². The fourth-order valence-electron chi connectivity index (χ4n) is 2.11. The topological polar surface area (TPSA) is 94.4 Å². The largest absolute Gasteiger partial charge is 0.493 e. The molecule has 0 aromatic heterocycles. The summed E-state index contributed by atoms with van der Waals surface area (Å²) in [6.07, 6.45) is 0.557. The van der Waals surface area contributed by atoms with Crippen LogP contribution in [0.3, 0.4) is 0 Å². The van der Waals surface area contributed by atoms with E-state index in [-0.39, 0.29) is 10.6 Å². The van der Waals surface area contributed by atoms with Crippen molar-refractivity contribution in [2.45, 2.75) is 13.0 Å². The number of carboxylic acids is 1. The normalized spacial score (nSPS) is 11.9. The fraction of sp³-hybridized carbons (Fsp3) is 0.211. The van der Waals surface area contributed by atoms with E-state index in [1.165, 1.54) is 27.2 Å². The van der Waals surface area contributed by atoms with Crippen molar-refractivity contribution < 1.29 is 28.9 Å². The maximum atomic E-state index is 11.7. The Morgan fingerprint density at radius 1 is 1.15 bits per heavy atom. The zero-order valence-corrected chi connectivity index (χ0v) is 15.7. The molecule has 0 unspecified atom stereocenters. The van der Waals surface area contributed by atoms with Gasteiger partial charge in [-0.1, -0.05) is 11.6 Å². The van der Waals surface area contributed by atoms with E-state index >= 15 is 0 Å². The zero-order chi connectivity index (χ0) is 20.0. The average Bonchev–Trinajstić information content (AvgIpc) is 2.67. The van der Waals surface area contributed by atoms with Crippen LogP contribution in [0.1, 0.15) is 22.8 Å². The first kappa shape index (κ1) is 20.3. The molecule has 27 heavy (non-hydrogen) atoms. The second kappa shape index (κ2) is 9.05. The molecule has 2 rings (SSSR count). The van der Waals surface area contributed by atoms with Crippen molar-refractivity contribution >= 4 is 35.4 Å². The van der Waals surface area contributed by atoms with Crippen molar-refractivity contribution in [3.63, 3.8) is 0 Å².